The third kappa shape index (κ3) is 4.66. The van der Waals surface area contributed by atoms with E-state index in [0.717, 1.165) is 32.1 Å². The normalized spacial score (nSPS) is 50.0. The van der Waals surface area contributed by atoms with Crippen molar-refractivity contribution < 1.29 is 30.0 Å². The lowest BCUT2D eigenvalue weighted by Gasteiger charge is -2.72. The first-order valence-corrected chi connectivity index (χ1v) is 16.2. The van der Waals surface area contributed by atoms with Gasteiger partial charge in [-0.05, 0) is 97.7 Å². The average molecular weight is 605 g/mol. The molecule has 3 unspecified atom stereocenters. The molecule has 5 aliphatic carbocycles. The summed E-state index contributed by atoms with van der Waals surface area (Å²) in [5.41, 5.74) is -0.681. The first-order chi connectivity index (χ1) is 19.0. The van der Waals surface area contributed by atoms with Crippen molar-refractivity contribution in [3.05, 3.63) is 23.8 Å². The fourth-order valence-corrected chi connectivity index (χ4v) is 11.7. The standard InChI is InChI=1S/C35H56O6.2CH4/c1-9-11-27(38)41-20-32(6)23-14-17-33(7)24(31(23,5)16-15-25(32)36)13-12-21-22-18-30(3,4)28(39)29(40)35(22,10-2)26(37)19-34(21,33)8;;/h9,11-12,22-26,28-29,36-37,39-40H,10,13-20H2,1-8H3;2*1H4/b11-9+;;/t22?,23?,24?,25-,26+,28-,29-,31-,32+,33+,34+,35-;;/m0../s1. The van der Waals surface area contributed by atoms with E-state index in [2.05, 4.69) is 54.5 Å². The number of aliphatic hydroxyl groups excluding tert-OH is 4. The van der Waals surface area contributed by atoms with Crippen molar-refractivity contribution in [3.63, 3.8) is 0 Å². The number of ether oxygens (including phenoxy) is 1. The highest BCUT2D eigenvalue weighted by Gasteiger charge is 2.72. The molecule has 0 saturated heterocycles. The van der Waals surface area contributed by atoms with Crippen molar-refractivity contribution in [2.75, 3.05) is 6.61 Å². The number of hydrogen-bond donors (Lipinski definition) is 4. The summed E-state index contributed by atoms with van der Waals surface area (Å²) in [6, 6.07) is 0. The summed E-state index contributed by atoms with van der Waals surface area (Å²) in [5, 5.41) is 46.1. The van der Waals surface area contributed by atoms with Gasteiger partial charge in [-0.2, -0.15) is 0 Å². The van der Waals surface area contributed by atoms with E-state index in [1.54, 1.807) is 13.0 Å². The van der Waals surface area contributed by atoms with Gasteiger partial charge in [-0.25, -0.2) is 4.79 Å². The minimum absolute atomic E-state index is 0. The van der Waals surface area contributed by atoms with Crippen LogP contribution in [0.3, 0.4) is 0 Å². The Morgan fingerprint density at radius 1 is 0.930 bits per heavy atom. The maximum absolute atomic E-state index is 12.3. The van der Waals surface area contributed by atoms with E-state index in [-0.39, 0.29) is 55.5 Å². The van der Waals surface area contributed by atoms with Crippen LogP contribution in [0, 0.1) is 50.2 Å². The van der Waals surface area contributed by atoms with Crippen LogP contribution in [0.15, 0.2) is 23.8 Å². The molecule has 5 rings (SSSR count). The van der Waals surface area contributed by atoms with Gasteiger partial charge in [-0.15, -0.1) is 0 Å². The average Bonchev–Trinajstić information content (AvgIpc) is 2.89. The Bertz CT molecular complexity index is 1110. The molecule has 43 heavy (non-hydrogen) atoms. The molecule has 0 bridgehead atoms. The maximum atomic E-state index is 12.3. The third-order valence-electron chi connectivity index (χ3n) is 14.4. The molecule has 0 heterocycles. The van der Waals surface area contributed by atoms with E-state index < -0.39 is 40.7 Å². The quantitative estimate of drug-likeness (QED) is 0.159. The Hall–Kier alpha value is -1.21. The summed E-state index contributed by atoms with van der Waals surface area (Å²) in [6.45, 7) is 17.5. The molecular formula is C37H64O6. The van der Waals surface area contributed by atoms with Crippen molar-refractivity contribution >= 4 is 5.97 Å². The lowest BCUT2D eigenvalue weighted by Crippen LogP contribution is -2.70. The maximum Gasteiger partial charge on any atom is 0.330 e. The summed E-state index contributed by atoms with van der Waals surface area (Å²) in [7, 11) is 0. The number of carbonyl (C=O) groups is 1. The van der Waals surface area contributed by atoms with Crippen LogP contribution in [0.2, 0.25) is 0 Å². The first kappa shape index (κ1) is 36.3. The van der Waals surface area contributed by atoms with Gasteiger partial charge in [0.1, 0.15) is 0 Å². The largest absolute Gasteiger partial charge is 0.462 e. The van der Waals surface area contributed by atoms with Crippen molar-refractivity contribution in [2.24, 2.45) is 50.2 Å². The van der Waals surface area contributed by atoms with E-state index in [9.17, 15) is 25.2 Å². The van der Waals surface area contributed by atoms with E-state index in [1.165, 1.54) is 11.6 Å². The summed E-state index contributed by atoms with van der Waals surface area (Å²) in [4.78, 5) is 12.3. The van der Waals surface area contributed by atoms with Gasteiger partial charge in [0, 0.05) is 16.9 Å². The second-order valence-corrected chi connectivity index (χ2v) is 16.3. The predicted octanol–water partition coefficient (Wildman–Crippen LogP) is 6.84. The van der Waals surface area contributed by atoms with Gasteiger partial charge in [0.15, 0.2) is 0 Å². The summed E-state index contributed by atoms with van der Waals surface area (Å²) in [6.07, 6.45) is 8.97. The minimum atomic E-state index is -0.966. The summed E-state index contributed by atoms with van der Waals surface area (Å²) in [5.74, 6) is 0.226. The lowest BCUT2D eigenvalue weighted by molar-refractivity contribution is -0.252. The molecule has 0 aromatic heterocycles. The topological polar surface area (TPSA) is 107 Å². The number of carbonyl (C=O) groups excluding carboxylic acids is 1. The number of fused-ring (bicyclic) bond motifs is 7. The van der Waals surface area contributed by atoms with Crippen LogP contribution in [0.4, 0.5) is 0 Å². The van der Waals surface area contributed by atoms with Crippen LogP contribution in [-0.2, 0) is 9.53 Å². The zero-order chi connectivity index (χ0) is 30.4. The van der Waals surface area contributed by atoms with Crippen molar-refractivity contribution in [3.8, 4) is 0 Å². The second-order valence-electron chi connectivity index (χ2n) is 16.3. The molecule has 0 radical (unpaired) electrons. The summed E-state index contributed by atoms with van der Waals surface area (Å²) >= 11 is 0. The Kier molecular flexibility index (Phi) is 9.74. The fourth-order valence-electron chi connectivity index (χ4n) is 11.7. The van der Waals surface area contributed by atoms with Gasteiger partial charge in [0.2, 0.25) is 0 Å². The Labute approximate surface area is 262 Å². The van der Waals surface area contributed by atoms with Crippen molar-refractivity contribution in [1.82, 2.24) is 0 Å². The highest BCUT2D eigenvalue weighted by atomic mass is 16.5. The Balaban J connectivity index is 0.00000253. The van der Waals surface area contributed by atoms with E-state index in [1.807, 2.05) is 0 Å². The van der Waals surface area contributed by atoms with E-state index in [4.69, 9.17) is 4.74 Å². The molecule has 6 nitrogen and oxygen atoms in total. The fraction of sp³-hybridized carbons (Fsp3) is 0.865. The number of allylic oxidation sites excluding steroid dienone is 3. The first-order valence-electron chi connectivity index (χ1n) is 16.2. The van der Waals surface area contributed by atoms with E-state index in [0.29, 0.717) is 25.2 Å². The molecule has 5 aliphatic rings. The number of rotatable bonds is 4. The third-order valence-corrected chi connectivity index (χ3v) is 14.4. The van der Waals surface area contributed by atoms with Crippen LogP contribution in [0.1, 0.15) is 122 Å². The number of esters is 1. The Morgan fingerprint density at radius 2 is 1.58 bits per heavy atom. The molecule has 12 atom stereocenters. The number of hydrogen-bond acceptors (Lipinski definition) is 6. The zero-order valence-electron chi connectivity index (χ0n) is 26.7. The van der Waals surface area contributed by atoms with Gasteiger partial charge in [0.25, 0.3) is 0 Å². The van der Waals surface area contributed by atoms with Crippen LogP contribution >= 0.6 is 0 Å². The highest BCUT2D eigenvalue weighted by molar-refractivity contribution is 5.81. The van der Waals surface area contributed by atoms with Gasteiger partial charge in [0.05, 0.1) is 31.0 Å². The highest BCUT2D eigenvalue weighted by Crippen LogP contribution is 2.76. The van der Waals surface area contributed by atoms with E-state index >= 15 is 0 Å². The smallest absolute Gasteiger partial charge is 0.330 e. The van der Waals surface area contributed by atoms with Crippen LogP contribution in [0.5, 0.6) is 0 Å². The van der Waals surface area contributed by atoms with Gasteiger partial charge in [-0.1, -0.05) is 81.0 Å². The predicted molar refractivity (Wildman–Crippen MR) is 173 cm³/mol. The van der Waals surface area contributed by atoms with Gasteiger partial charge < -0.3 is 25.2 Å². The second kappa shape index (κ2) is 11.5. The molecule has 4 N–H and O–H groups in total. The Morgan fingerprint density at radius 3 is 2.19 bits per heavy atom. The van der Waals surface area contributed by atoms with Crippen LogP contribution in [-0.4, -0.2) is 57.4 Å². The van der Waals surface area contributed by atoms with Crippen LogP contribution in [0.25, 0.3) is 0 Å². The molecule has 6 heteroatoms. The lowest BCUT2D eigenvalue weighted by atomic mass is 9.32. The summed E-state index contributed by atoms with van der Waals surface area (Å²) < 4.78 is 5.72. The molecule has 0 aliphatic heterocycles. The molecular weight excluding hydrogens is 540 g/mol. The number of aliphatic hydroxyl groups is 4. The molecule has 0 aromatic rings. The molecule has 0 spiro atoms. The molecule has 4 fully saturated rings. The van der Waals surface area contributed by atoms with Crippen molar-refractivity contribution in [2.45, 2.75) is 146 Å². The SMILES string of the molecule is C.C.C/C=C/C(=O)OC[C@]1(C)C2CC[C@]3(C)C(CC=C4C5CC(C)(C)[C@@H](O)[C@H](O)[C@]5(CC)[C@H](O)C[C@]43C)[C@@]2(C)CC[C@@H]1O. The van der Waals surface area contributed by atoms with Gasteiger partial charge >= 0.3 is 5.97 Å². The van der Waals surface area contributed by atoms with Gasteiger partial charge in [-0.3, -0.25) is 0 Å². The zero-order valence-corrected chi connectivity index (χ0v) is 26.7. The molecule has 0 amide bonds. The molecule has 0 aromatic carbocycles. The molecule has 4 saturated carbocycles. The minimum Gasteiger partial charge on any atom is -0.462 e. The van der Waals surface area contributed by atoms with Crippen LogP contribution < -0.4 is 0 Å². The van der Waals surface area contributed by atoms with Crippen molar-refractivity contribution in [1.29, 1.82) is 0 Å². The molecule has 248 valence electrons. The monoisotopic (exact) mass is 604 g/mol.